The lowest BCUT2D eigenvalue weighted by molar-refractivity contribution is -0.384. The molecule has 2 aromatic rings. The maximum Gasteiger partial charge on any atom is 0.270 e. The normalized spacial score (nSPS) is 10.1. The van der Waals surface area contributed by atoms with Gasteiger partial charge in [-0.3, -0.25) is 10.1 Å². The molecule has 0 bridgehead atoms. The highest BCUT2D eigenvalue weighted by molar-refractivity contribution is 5.73. The summed E-state index contributed by atoms with van der Waals surface area (Å²) >= 11 is 0. The number of aromatic hydroxyl groups is 2. The number of nitrogens with zero attached hydrogens (tertiary/aromatic N) is 1. The molecule has 0 spiro atoms. The van der Waals surface area contributed by atoms with Crippen molar-refractivity contribution in [2.24, 2.45) is 0 Å². The Morgan fingerprint density at radius 2 is 1.82 bits per heavy atom. The van der Waals surface area contributed by atoms with E-state index in [1.54, 1.807) is 6.07 Å². The van der Waals surface area contributed by atoms with Crippen molar-refractivity contribution < 1.29 is 15.1 Å². The lowest BCUT2D eigenvalue weighted by Crippen LogP contribution is -1.88. The fraction of sp³-hybridized carbons (Fsp3) is 0. The summed E-state index contributed by atoms with van der Waals surface area (Å²) in [6, 6.07) is 9.89. The second-order valence-corrected chi connectivity index (χ2v) is 3.51. The van der Waals surface area contributed by atoms with Crippen LogP contribution in [0.4, 0.5) is 5.69 Å². The molecule has 2 rings (SSSR count). The van der Waals surface area contributed by atoms with Gasteiger partial charge in [0.1, 0.15) is 11.5 Å². The Kier molecular flexibility index (Phi) is 2.66. The molecule has 86 valence electrons. The predicted octanol–water partition coefficient (Wildman–Crippen LogP) is 2.67. The summed E-state index contributed by atoms with van der Waals surface area (Å²) < 4.78 is 0. The van der Waals surface area contributed by atoms with Gasteiger partial charge in [0.05, 0.1) is 4.92 Å². The molecule has 5 heteroatoms. The summed E-state index contributed by atoms with van der Waals surface area (Å²) in [7, 11) is 0. The highest BCUT2D eigenvalue weighted by atomic mass is 16.6. The summed E-state index contributed by atoms with van der Waals surface area (Å²) in [6.45, 7) is 0. The molecule has 0 saturated heterocycles. The molecular formula is C12H9NO4. The molecule has 0 fully saturated rings. The van der Waals surface area contributed by atoms with Crippen LogP contribution in [0.2, 0.25) is 0 Å². The fourth-order valence-electron chi connectivity index (χ4n) is 1.54. The quantitative estimate of drug-likeness (QED) is 0.472. The molecule has 0 radical (unpaired) electrons. The molecule has 0 aliphatic rings. The maximum atomic E-state index is 10.6. The van der Waals surface area contributed by atoms with E-state index >= 15 is 0 Å². The van der Waals surface area contributed by atoms with Crippen LogP contribution in [0, 0.1) is 10.1 Å². The molecule has 2 N–H and O–H groups in total. The van der Waals surface area contributed by atoms with Gasteiger partial charge in [-0.15, -0.1) is 0 Å². The smallest absolute Gasteiger partial charge is 0.270 e. The Bertz CT molecular complexity index is 580. The Hall–Kier alpha value is -2.56. The Morgan fingerprint density at radius 1 is 1.06 bits per heavy atom. The van der Waals surface area contributed by atoms with Gasteiger partial charge >= 0.3 is 0 Å². The van der Waals surface area contributed by atoms with Crippen molar-refractivity contribution in [1.29, 1.82) is 0 Å². The SMILES string of the molecule is O=[N+]([O-])c1cccc(-c2cc(O)ccc2O)c1. The minimum atomic E-state index is -0.511. The minimum Gasteiger partial charge on any atom is -0.508 e. The van der Waals surface area contributed by atoms with E-state index in [1.165, 1.54) is 36.4 Å². The number of rotatable bonds is 2. The monoisotopic (exact) mass is 231 g/mol. The van der Waals surface area contributed by atoms with E-state index in [4.69, 9.17) is 0 Å². The van der Waals surface area contributed by atoms with E-state index in [9.17, 15) is 20.3 Å². The Morgan fingerprint density at radius 3 is 2.53 bits per heavy atom. The first kappa shape index (κ1) is 10.9. The van der Waals surface area contributed by atoms with Crippen molar-refractivity contribution in [2.75, 3.05) is 0 Å². The fourth-order valence-corrected chi connectivity index (χ4v) is 1.54. The molecule has 0 aliphatic carbocycles. The van der Waals surface area contributed by atoms with Gasteiger partial charge in [-0.1, -0.05) is 12.1 Å². The number of non-ortho nitro benzene ring substituents is 1. The first-order valence-electron chi connectivity index (χ1n) is 4.85. The molecule has 0 aromatic heterocycles. The van der Waals surface area contributed by atoms with Gasteiger partial charge in [0.15, 0.2) is 0 Å². The summed E-state index contributed by atoms with van der Waals surface area (Å²) in [5.74, 6) is -0.0485. The summed E-state index contributed by atoms with van der Waals surface area (Å²) in [6.07, 6.45) is 0. The highest BCUT2D eigenvalue weighted by Crippen LogP contribution is 2.33. The lowest BCUT2D eigenvalue weighted by atomic mass is 10.0. The molecule has 0 amide bonds. The van der Waals surface area contributed by atoms with Crippen LogP contribution in [-0.4, -0.2) is 15.1 Å². The number of hydrogen-bond donors (Lipinski definition) is 2. The molecule has 0 saturated carbocycles. The van der Waals surface area contributed by atoms with Crippen molar-refractivity contribution >= 4 is 5.69 Å². The molecule has 0 heterocycles. The topological polar surface area (TPSA) is 83.6 Å². The van der Waals surface area contributed by atoms with E-state index in [1.807, 2.05) is 0 Å². The van der Waals surface area contributed by atoms with Gasteiger partial charge in [0.2, 0.25) is 0 Å². The average molecular weight is 231 g/mol. The van der Waals surface area contributed by atoms with Crippen LogP contribution in [0.25, 0.3) is 11.1 Å². The van der Waals surface area contributed by atoms with Crippen molar-refractivity contribution in [3.63, 3.8) is 0 Å². The molecule has 0 aliphatic heterocycles. The summed E-state index contributed by atoms with van der Waals surface area (Å²) in [5.41, 5.74) is 0.770. The number of nitro groups is 1. The molecule has 0 unspecified atom stereocenters. The van der Waals surface area contributed by atoms with Crippen LogP contribution in [0.3, 0.4) is 0 Å². The van der Waals surface area contributed by atoms with Crippen LogP contribution >= 0.6 is 0 Å². The van der Waals surface area contributed by atoms with E-state index in [0.29, 0.717) is 11.1 Å². The van der Waals surface area contributed by atoms with E-state index < -0.39 is 4.92 Å². The molecule has 17 heavy (non-hydrogen) atoms. The molecule has 5 nitrogen and oxygen atoms in total. The van der Waals surface area contributed by atoms with Gasteiger partial charge in [0, 0.05) is 17.7 Å². The molecular weight excluding hydrogens is 222 g/mol. The van der Waals surface area contributed by atoms with Gasteiger partial charge in [0.25, 0.3) is 5.69 Å². The maximum absolute atomic E-state index is 10.6. The molecule has 0 atom stereocenters. The standard InChI is InChI=1S/C12H9NO4/c14-10-4-5-12(15)11(7-10)8-2-1-3-9(6-8)13(16)17/h1-7,14-15H. The van der Waals surface area contributed by atoms with Crippen molar-refractivity contribution in [3.05, 3.63) is 52.6 Å². The summed E-state index contributed by atoms with van der Waals surface area (Å²) in [4.78, 5) is 10.1. The van der Waals surface area contributed by atoms with Gasteiger partial charge in [-0.25, -0.2) is 0 Å². The minimum absolute atomic E-state index is 0.00990. The zero-order valence-electron chi connectivity index (χ0n) is 8.70. The average Bonchev–Trinajstić information content (AvgIpc) is 2.32. The first-order valence-corrected chi connectivity index (χ1v) is 4.85. The predicted molar refractivity (Wildman–Crippen MR) is 61.9 cm³/mol. The van der Waals surface area contributed by atoms with Gasteiger partial charge < -0.3 is 10.2 Å². The van der Waals surface area contributed by atoms with E-state index in [-0.39, 0.29) is 17.2 Å². The van der Waals surface area contributed by atoms with Crippen LogP contribution in [-0.2, 0) is 0 Å². The second kappa shape index (κ2) is 4.13. The number of hydrogen-bond acceptors (Lipinski definition) is 4. The Balaban J connectivity index is 2.56. The van der Waals surface area contributed by atoms with Gasteiger partial charge in [-0.2, -0.15) is 0 Å². The van der Waals surface area contributed by atoms with Crippen molar-refractivity contribution in [1.82, 2.24) is 0 Å². The summed E-state index contributed by atoms with van der Waals surface area (Å²) in [5, 5.41) is 29.6. The third-order valence-corrected chi connectivity index (χ3v) is 2.35. The van der Waals surface area contributed by atoms with Crippen LogP contribution in [0.1, 0.15) is 0 Å². The third-order valence-electron chi connectivity index (χ3n) is 2.35. The highest BCUT2D eigenvalue weighted by Gasteiger charge is 2.10. The second-order valence-electron chi connectivity index (χ2n) is 3.51. The van der Waals surface area contributed by atoms with Crippen LogP contribution in [0.5, 0.6) is 11.5 Å². The van der Waals surface area contributed by atoms with E-state index in [0.717, 1.165) is 0 Å². The first-order chi connectivity index (χ1) is 8.08. The zero-order valence-corrected chi connectivity index (χ0v) is 8.70. The lowest BCUT2D eigenvalue weighted by Gasteiger charge is -2.05. The van der Waals surface area contributed by atoms with Crippen LogP contribution in [0.15, 0.2) is 42.5 Å². The van der Waals surface area contributed by atoms with Crippen LogP contribution < -0.4 is 0 Å². The number of phenols is 2. The van der Waals surface area contributed by atoms with Gasteiger partial charge in [-0.05, 0) is 23.8 Å². The number of phenolic OH excluding ortho intramolecular Hbond substituents is 2. The number of benzene rings is 2. The van der Waals surface area contributed by atoms with Crippen molar-refractivity contribution in [3.8, 4) is 22.6 Å². The zero-order chi connectivity index (χ0) is 12.4. The molecule has 2 aromatic carbocycles. The third kappa shape index (κ3) is 2.17. The largest absolute Gasteiger partial charge is 0.508 e. The number of nitro benzene ring substituents is 1. The Labute approximate surface area is 96.7 Å². The van der Waals surface area contributed by atoms with E-state index in [2.05, 4.69) is 0 Å². The van der Waals surface area contributed by atoms with Crippen molar-refractivity contribution in [2.45, 2.75) is 0 Å².